The average Bonchev–Trinajstić information content (AvgIpc) is 2.85. The third-order valence-electron chi connectivity index (χ3n) is 3.53. The largest absolute Gasteiger partial charge is 0.326 e. The smallest absolute Gasteiger partial charge is 0.240 e. The number of carbonyl (C=O) groups excluding carboxylic acids is 2. The van der Waals surface area contributed by atoms with Crippen molar-refractivity contribution in [1.29, 1.82) is 0 Å². The molecule has 0 bridgehead atoms. The number of carbonyl (C=O) groups is 2. The number of aliphatic imine (C=N–C) groups is 1. The van der Waals surface area contributed by atoms with Gasteiger partial charge in [-0.2, -0.15) is 0 Å². The van der Waals surface area contributed by atoms with Crippen LogP contribution in [0.4, 0.5) is 11.4 Å². The van der Waals surface area contributed by atoms with Crippen LogP contribution >= 0.6 is 35.0 Å². The molecule has 0 unspecified atom stereocenters. The lowest BCUT2D eigenvalue weighted by molar-refractivity contribution is -0.122. The first-order valence-corrected chi connectivity index (χ1v) is 9.41. The molecule has 2 aromatic rings. The van der Waals surface area contributed by atoms with Gasteiger partial charge in [0.2, 0.25) is 11.8 Å². The van der Waals surface area contributed by atoms with Gasteiger partial charge in [-0.25, -0.2) is 4.99 Å². The maximum absolute atomic E-state index is 12.2. The van der Waals surface area contributed by atoms with Crippen LogP contribution in [0.25, 0.3) is 0 Å². The van der Waals surface area contributed by atoms with Crippen LogP contribution in [0.2, 0.25) is 10.0 Å². The number of anilines is 1. The van der Waals surface area contributed by atoms with Crippen molar-refractivity contribution >= 4 is 63.3 Å². The van der Waals surface area contributed by atoms with E-state index in [0.29, 0.717) is 20.9 Å². The monoisotopic (exact) mass is 407 g/mol. The Bertz CT molecular complexity index is 882. The van der Waals surface area contributed by atoms with Crippen LogP contribution in [-0.4, -0.2) is 22.2 Å². The zero-order valence-electron chi connectivity index (χ0n) is 13.8. The van der Waals surface area contributed by atoms with Crippen molar-refractivity contribution in [2.45, 2.75) is 18.6 Å². The normalized spacial score (nSPS) is 18.0. The van der Waals surface area contributed by atoms with Crippen molar-refractivity contribution in [1.82, 2.24) is 5.32 Å². The molecular weight excluding hydrogens is 393 g/mol. The molecule has 0 aliphatic carbocycles. The van der Waals surface area contributed by atoms with Crippen LogP contribution in [0.3, 0.4) is 0 Å². The molecule has 2 N–H and O–H groups in total. The molecule has 1 fully saturated rings. The molecule has 3 rings (SSSR count). The van der Waals surface area contributed by atoms with E-state index in [9.17, 15) is 9.59 Å². The molecule has 5 nitrogen and oxygen atoms in total. The summed E-state index contributed by atoms with van der Waals surface area (Å²) >= 11 is 13.1. The first kappa shape index (κ1) is 18.8. The van der Waals surface area contributed by atoms with E-state index >= 15 is 0 Å². The average molecular weight is 408 g/mol. The number of nitrogens with zero attached hydrogens (tertiary/aromatic N) is 1. The van der Waals surface area contributed by atoms with Gasteiger partial charge in [-0.15, -0.1) is 0 Å². The Kier molecular flexibility index (Phi) is 5.86. The first-order valence-electron chi connectivity index (χ1n) is 7.78. The van der Waals surface area contributed by atoms with Gasteiger partial charge in [0, 0.05) is 22.2 Å². The number of thioether (sulfide) groups is 1. The minimum absolute atomic E-state index is 0.0213. The molecule has 1 aliphatic rings. The summed E-state index contributed by atoms with van der Waals surface area (Å²) in [5.41, 5.74) is 2.33. The van der Waals surface area contributed by atoms with E-state index < -0.39 is 5.25 Å². The number of halogens is 2. The van der Waals surface area contributed by atoms with Crippen molar-refractivity contribution in [3.05, 3.63) is 58.1 Å². The van der Waals surface area contributed by atoms with Gasteiger partial charge < -0.3 is 10.6 Å². The molecule has 134 valence electrons. The lowest BCUT2D eigenvalue weighted by atomic mass is 10.2. The summed E-state index contributed by atoms with van der Waals surface area (Å²) in [5, 5.41) is 6.22. The molecule has 1 saturated heterocycles. The topological polar surface area (TPSA) is 70.6 Å². The predicted molar refractivity (Wildman–Crippen MR) is 108 cm³/mol. The van der Waals surface area contributed by atoms with Crippen LogP contribution in [0.15, 0.2) is 47.5 Å². The molecule has 0 aromatic heterocycles. The van der Waals surface area contributed by atoms with Gasteiger partial charge >= 0.3 is 0 Å². The lowest BCUT2D eigenvalue weighted by Gasteiger charge is -2.08. The van der Waals surface area contributed by atoms with E-state index in [0.717, 1.165) is 11.3 Å². The SMILES string of the molecule is Cc1cccc(N=C2NC(=O)[C@@H](CC(=O)Nc3cc(Cl)cc(Cl)c3)S2)c1. The number of hydrogen-bond acceptors (Lipinski definition) is 4. The van der Waals surface area contributed by atoms with E-state index in [1.807, 2.05) is 31.2 Å². The highest BCUT2D eigenvalue weighted by atomic mass is 35.5. The van der Waals surface area contributed by atoms with Crippen molar-refractivity contribution < 1.29 is 9.59 Å². The van der Waals surface area contributed by atoms with Crippen LogP contribution in [0, 0.1) is 6.92 Å². The van der Waals surface area contributed by atoms with Crippen molar-refractivity contribution in [2.24, 2.45) is 4.99 Å². The standard InChI is InChI=1S/C18H15Cl2N3O2S/c1-10-3-2-4-13(5-10)22-18-23-17(25)15(26-18)9-16(24)21-14-7-11(19)6-12(20)8-14/h2-8,15H,9H2,1H3,(H,21,24)(H,22,23,25)/t15-/m1/s1. The summed E-state index contributed by atoms with van der Waals surface area (Å²) in [6, 6.07) is 12.4. The number of aryl methyl sites for hydroxylation is 1. The minimum Gasteiger partial charge on any atom is -0.326 e. The van der Waals surface area contributed by atoms with E-state index in [-0.39, 0.29) is 18.2 Å². The number of amides is 2. The second kappa shape index (κ2) is 8.12. The third-order valence-corrected chi connectivity index (χ3v) is 5.04. The Balaban J connectivity index is 1.63. The highest BCUT2D eigenvalue weighted by Crippen LogP contribution is 2.27. The van der Waals surface area contributed by atoms with Gasteiger partial charge in [-0.05, 0) is 42.8 Å². The Morgan fingerprint density at radius 2 is 1.96 bits per heavy atom. The third kappa shape index (κ3) is 5.00. The molecule has 2 aromatic carbocycles. The quantitative estimate of drug-likeness (QED) is 0.780. The molecule has 1 heterocycles. The molecule has 0 radical (unpaired) electrons. The maximum atomic E-state index is 12.2. The van der Waals surface area contributed by atoms with Crippen LogP contribution in [0.1, 0.15) is 12.0 Å². The van der Waals surface area contributed by atoms with Crippen LogP contribution < -0.4 is 10.6 Å². The second-order valence-corrected chi connectivity index (χ2v) is 7.83. The fraction of sp³-hybridized carbons (Fsp3) is 0.167. The molecule has 1 atom stereocenters. The lowest BCUT2D eigenvalue weighted by Crippen LogP contribution is -2.28. The summed E-state index contributed by atoms with van der Waals surface area (Å²) in [6.45, 7) is 1.97. The number of benzene rings is 2. The summed E-state index contributed by atoms with van der Waals surface area (Å²) in [4.78, 5) is 28.7. The summed E-state index contributed by atoms with van der Waals surface area (Å²) < 4.78 is 0. The summed E-state index contributed by atoms with van der Waals surface area (Å²) in [7, 11) is 0. The van der Waals surface area contributed by atoms with Crippen molar-refractivity contribution in [2.75, 3.05) is 5.32 Å². The number of hydrogen-bond donors (Lipinski definition) is 2. The maximum Gasteiger partial charge on any atom is 0.240 e. The number of nitrogens with one attached hydrogen (secondary N) is 2. The predicted octanol–water partition coefficient (Wildman–Crippen LogP) is 4.55. The zero-order valence-corrected chi connectivity index (χ0v) is 16.1. The number of amidine groups is 1. The van der Waals surface area contributed by atoms with E-state index in [4.69, 9.17) is 23.2 Å². The van der Waals surface area contributed by atoms with Gasteiger partial charge in [0.1, 0.15) is 5.25 Å². The van der Waals surface area contributed by atoms with E-state index in [1.54, 1.807) is 18.2 Å². The molecule has 26 heavy (non-hydrogen) atoms. The molecule has 0 saturated carbocycles. The van der Waals surface area contributed by atoms with Crippen molar-refractivity contribution in [3.63, 3.8) is 0 Å². The highest BCUT2D eigenvalue weighted by Gasteiger charge is 2.32. The fourth-order valence-electron chi connectivity index (χ4n) is 2.41. The van der Waals surface area contributed by atoms with Gasteiger partial charge in [-0.3, -0.25) is 9.59 Å². The van der Waals surface area contributed by atoms with Gasteiger partial charge in [0.05, 0.1) is 5.69 Å². The van der Waals surface area contributed by atoms with Gasteiger partial charge in [-0.1, -0.05) is 47.1 Å². The molecule has 1 aliphatic heterocycles. The zero-order chi connectivity index (χ0) is 18.7. The highest BCUT2D eigenvalue weighted by molar-refractivity contribution is 8.15. The minimum atomic E-state index is -0.534. The summed E-state index contributed by atoms with van der Waals surface area (Å²) in [5.74, 6) is -0.534. The Morgan fingerprint density at radius 3 is 2.65 bits per heavy atom. The van der Waals surface area contributed by atoms with E-state index in [2.05, 4.69) is 15.6 Å². The molecular formula is C18H15Cl2N3O2S. The Hall–Kier alpha value is -2.02. The first-order chi connectivity index (χ1) is 12.4. The second-order valence-electron chi connectivity index (χ2n) is 5.76. The Morgan fingerprint density at radius 1 is 1.23 bits per heavy atom. The van der Waals surface area contributed by atoms with Gasteiger partial charge in [0.25, 0.3) is 0 Å². The van der Waals surface area contributed by atoms with Gasteiger partial charge in [0.15, 0.2) is 5.17 Å². The Labute approximate surface area is 165 Å². The molecule has 2 amide bonds. The fourth-order valence-corrected chi connectivity index (χ4v) is 3.93. The van der Waals surface area contributed by atoms with E-state index in [1.165, 1.54) is 11.8 Å². The van der Waals surface area contributed by atoms with Crippen molar-refractivity contribution in [3.8, 4) is 0 Å². The number of rotatable bonds is 4. The summed E-state index contributed by atoms with van der Waals surface area (Å²) in [6.07, 6.45) is 0.0213. The molecule has 0 spiro atoms. The van der Waals surface area contributed by atoms with Crippen LogP contribution in [0.5, 0.6) is 0 Å². The van der Waals surface area contributed by atoms with Crippen LogP contribution in [-0.2, 0) is 9.59 Å². The molecule has 8 heteroatoms.